The van der Waals surface area contributed by atoms with Crippen molar-refractivity contribution >= 4 is 33.7 Å². The number of benzene rings is 1. The summed E-state index contributed by atoms with van der Waals surface area (Å²) in [6.07, 6.45) is 3.37. The molecule has 22 heavy (non-hydrogen) atoms. The normalized spacial score (nSPS) is 12.0. The number of nitrogens with one attached hydrogen (secondary N) is 1. The number of carbonyl (C=O) groups is 1. The fourth-order valence-corrected chi connectivity index (χ4v) is 2.68. The molecule has 1 aromatic carbocycles. The standard InChI is InChI=1S/C15H20ClNO4S/c1-11(2)10-21-15(18)6-4-5-12-7-13(16)9-14(8-12)22(19,20)17-3/h4-5,7-9,11,17H,6,10H2,1-3H3/b5-4+. The lowest BCUT2D eigenvalue weighted by Crippen LogP contribution is -2.18. The fourth-order valence-electron chi connectivity index (χ4n) is 1.56. The maximum Gasteiger partial charge on any atom is 0.309 e. The molecule has 1 N–H and O–H groups in total. The van der Waals surface area contributed by atoms with E-state index in [9.17, 15) is 13.2 Å². The smallest absolute Gasteiger partial charge is 0.309 e. The van der Waals surface area contributed by atoms with Crippen LogP contribution in [0.5, 0.6) is 0 Å². The van der Waals surface area contributed by atoms with E-state index >= 15 is 0 Å². The molecule has 1 rings (SSSR count). The molecule has 5 nitrogen and oxygen atoms in total. The van der Waals surface area contributed by atoms with Gasteiger partial charge >= 0.3 is 5.97 Å². The van der Waals surface area contributed by atoms with Crippen LogP contribution in [0.1, 0.15) is 25.8 Å². The molecule has 0 radical (unpaired) electrons. The highest BCUT2D eigenvalue weighted by Gasteiger charge is 2.12. The van der Waals surface area contributed by atoms with Gasteiger partial charge in [0.25, 0.3) is 0 Å². The summed E-state index contributed by atoms with van der Waals surface area (Å²) in [5, 5.41) is 0.304. The third kappa shape index (κ3) is 6.17. The van der Waals surface area contributed by atoms with Gasteiger partial charge in [-0.15, -0.1) is 0 Å². The largest absolute Gasteiger partial charge is 0.465 e. The Morgan fingerprint density at radius 3 is 2.64 bits per heavy atom. The number of sulfonamides is 1. The Morgan fingerprint density at radius 1 is 1.36 bits per heavy atom. The molecule has 0 aliphatic rings. The topological polar surface area (TPSA) is 72.5 Å². The lowest BCUT2D eigenvalue weighted by atomic mass is 10.2. The molecular formula is C15H20ClNO4S. The summed E-state index contributed by atoms with van der Waals surface area (Å²) in [6.45, 7) is 4.30. The molecule has 7 heteroatoms. The van der Waals surface area contributed by atoms with Crippen LogP contribution in [-0.2, 0) is 19.6 Å². The predicted molar refractivity (Wildman–Crippen MR) is 87.1 cm³/mol. The van der Waals surface area contributed by atoms with Crippen molar-refractivity contribution in [2.45, 2.75) is 25.2 Å². The van der Waals surface area contributed by atoms with Gasteiger partial charge in [0.2, 0.25) is 10.0 Å². The van der Waals surface area contributed by atoms with Crippen LogP contribution in [-0.4, -0.2) is 28.0 Å². The number of rotatable bonds is 7. The summed E-state index contributed by atoms with van der Waals surface area (Å²) in [6, 6.07) is 4.46. The van der Waals surface area contributed by atoms with Crippen LogP contribution < -0.4 is 4.72 Å². The van der Waals surface area contributed by atoms with Crippen molar-refractivity contribution in [3.05, 3.63) is 34.9 Å². The van der Waals surface area contributed by atoms with E-state index in [4.69, 9.17) is 16.3 Å². The summed E-state index contributed by atoms with van der Waals surface area (Å²) >= 11 is 5.92. The average molecular weight is 346 g/mol. The van der Waals surface area contributed by atoms with Gasteiger partial charge in [-0.25, -0.2) is 13.1 Å². The molecule has 0 aliphatic carbocycles. The van der Waals surface area contributed by atoms with Crippen molar-refractivity contribution < 1.29 is 17.9 Å². The van der Waals surface area contributed by atoms with Crippen molar-refractivity contribution in [2.24, 2.45) is 5.92 Å². The van der Waals surface area contributed by atoms with Crippen molar-refractivity contribution in [1.82, 2.24) is 4.72 Å². The molecule has 0 fully saturated rings. The molecule has 0 aromatic heterocycles. The predicted octanol–water partition coefficient (Wildman–Crippen LogP) is 2.85. The Kier molecular flexibility index (Phi) is 7.06. The van der Waals surface area contributed by atoms with Gasteiger partial charge in [-0.2, -0.15) is 0 Å². The van der Waals surface area contributed by atoms with E-state index in [1.165, 1.54) is 19.2 Å². The van der Waals surface area contributed by atoms with Crippen molar-refractivity contribution in [2.75, 3.05) is 13.7 Å². The summed E-state index contributed by atoms with van der Waals surface area (Å²) in [5.74, 6) is -0.0368. The van der Waals surface area contributed by atoms with Gasteiger partial charge in [-0.3, -0.25) is 4.79 Å². The number of hydrogen-bond donors (Lipinski definition) is 1. The highest BCUT2D eigenvalue weighted by atomic mass is 35.5. The number of ether oxygens (including phenoxy) is 1. The first-order valence-corrected chi connectivity index (χ1v) is 8.67. The van der Waals surface area contributed by atoms with E-state index in [1.807, 2.05) is 13.8 Å². The zero-order valence-corrected chi connectivity index (χ0v) is 14.4. The van der Waals surface area contributed by atoms with Gasteiger partial charge in [0.1, 0.15) is 0 Å². The number of esters is 1. The number of carbonyl (C=O) groups excluding carboxylic acids is 1. The number of halogens is 1. The average Bonchev–Trinajstić information content (AvgIpc) is 2.44. The van der Waals surface area contributed by atoms with E-state index < -0.39 is 10.0 Å². The zero-order valence-electron chi connectivity index (χ0n) is 12.8. The van der Waals surface area contributed by atoms with Crippen molar-refractivity contribution in [1.29, 1.82) is 0 Å². The molecular weight excluding hydrogens is 326 g/mol. The summed E-state index contributed by atoms with van der Waals surface area (Å²) in [4.78, 5) is 11.5. The minimum atomic E-state index is -3.56. The van der Waals surface area contributed by atoms with E-state index in [2.05, 4.69) is 4.72 Å². The van der Waals surface area contributed by atoms with E-state index in [0.29, 0.717) is 17.2 Å². The molecule has 0 spiro atoms. The molecule has 1 aromatic rings. The zero-order chi connectivity index (χ0) is 16.8. The Balaban J connectivity index is 2.78. The Labute approximate surface area is 136 Å². The first-order chi connectivity index (χ1) is 10.2. The lowest BCUT2D eigenvalue weighted by molar-refractivity contribution is -0.143. The molecule has 0 heterocycles. The number of hydrogen-bond acceptors (Lipinski definition) is 4. The quantitative estimate of drug-likeness (QED) is 0.771. The van der Waals surface area contributed by atoms with Gasteiger partial charge < -0.3 is 4.74 Å². The third-order valence-corrected chi connectivity index (χ3v) is 4.26. The Hall–Kier alpha value is -1.37. The van der Waals surface area contributed by atoms with Crippen LogP contribution in [0.25, 0.3) is 6.08 Å². The summed E-state index contributed by atoms with van der Waals surface area (Å²) in [7, 11) is -2.23. The molecule has 0 saturated carbocycles. The van der Waals surface area contributed by atoms with Gasteiger partial charge in [0.05, 0.1) is 17.9 Å². The van der Waals surface area contributed by atoms with Gasteiger partial charge in [-0.1, -0.05) is 37.6 Å². The molecule has 122 valence electrons. The van der Waals surface area contributed by atoms with Crippen LogP contribution in [0.15, 0.2) is 29.2 Å². The highest BCUT2D eigenvalue weighted by molar-refractivity contribution is 7.89. The fraction of sp³-hybridized carbons (Fsp3) is 0.400. The maximum atomic E-state index is 11.8. The summed E-state index contributed by atoms with van der Waals surface area (Å²) < 4.78 is 30.8. The van der Waals surface area contributed by atoms with Crippen LogP contribution in [0.2, 0.25) is 5.02 Å². The van der Waals surface area contributed by atoms with Crippen LogP contribution in [0.4, 0.5) is 0 Å². The van der Waals surface area contributed by atoms with Crippen molar-refractivity contribution in [3.8, 4) is 0 Å². The van der Waals surface area contributed by atoms with Gasteiger partial charge in [-0.05, 0) is 36.7 Å². The second kappa shape index (κ2) is 8.31. The molecule has 0 amide bonds. The highest BCUT2D eigenvalue weighted by Crippen LogP contribution is 2.20. The van der Waals surface area contributed by atoms with Crippen LogP contribution >= 0.6 is 11.6 Å². The van der Waals surface area contributed by atoms with Crippen LogP contribution in [0, 0.1) is 5.92 Å². The lowest BCUT2D eigenvalue weighted by Gasteiger charge is -2.06. The van der Waals surface area contributed by atoms with E-state index in [-0.39, 0.29) is 23.2 Å². The second-order valence-electron chi connectivity index (χ2n) is 5.11. The third-order valence-electron chi connectivity index (χ3n) is 2.65. The van der Waals surface area contributed by atoms with Gasteiger partial charge in [0, 0.05) is 5.02 Å². The van der Waals surface area contributed by atoms with Crippen LogP contribution in [0.3, 0.4) is 0 Å². The first kappa shape index (κ1) is 18.7. The molecule has 0 aliphatic heterocycles. The minimum absolute atomic E-state index is 0.0736. The second-order valence-corrected chi connectivity index (χ2v) is 7.43. The van der Waals surface area contributed by atoms with Crippen molar-refractivity contribution in [3.63, 3.8) is 0 Å². The molecule has 0 unspecified atom stereocenters. The monoisotopic (exact) mass is 345 g/mol. The molecule has 0 saturated heterocycles. The Morgan fingerprint density at radius 2 is 2.05 bits per heavy atom. The van der Waals surface area contributed by atoms with E-state index in [0.717, 1.165) is 0 Å². The SMILES string of the molecule is CNS(=O)(=O)c1cc(Cl)cc(/C=C/CC(=O)OCC(C)C)c1. The molecule has 0 atom stereocenters. The minimum Gasteiger partial charge on any atom is -0.465 e. The van der Waals surface area contributed by atoms with Gasteiger partial charge in [0.15, 0.2) is 0 Å². The molecule has 0 bridgehead atoms. The van der Waals surface area contributed by atoms with E-state index in [1.54, 1.807) is 18.2 Å². The maximum absolute atomic E-state index is 11.8. The first-order valence-electron chi connectivity index (χ1n) is 6.81. The summed E-state index contributed by atoms with van der Waals surface area (Å²) in [5.41, 5.74) is 0.595. The Bertz CT molecular complexity index is 654.